The van der Waals surface area contributed by atoms with E-state index in [1.54, 1.807) is 23.2 Å². The monoisotopic (exact) mass is 325 g/mol. The van der Waals surface area contributed by atoms with Gasteiger partial charge in [0.05, 0.1) is 16.2 Å². The van der Waals surface area contributed by atoms with Gasteiger partial charge in [-0.15, -0.1) is 0 Å². The maximum absolute atomic E-state index is 12.4. The summed E-state index contributed by atoms with van der Waals surface area (Å²) in [5, 5.41) is 17.8. The first kappa shape index (κ1) is 14.4. The van der Waals surface area contributed by atoms with Gasteiger partial charge in [-0.25, -0.2) is 0 Å². The highest BCUT2D eigenvalue weighted by Crippen LogP contribution is 2.27. The van der Waals surface area contributed by atoms with E-state index in [0.717, 1.165) is 11.3 Å². The third kappa shape index (κ3) is 2.77. The molecule has 3 rings (SSSR count). The van der Waals surface area contributed by atoms with Crippen molar-refractivity contribution in [3.63, 3.8) is 0 Å². The number of halogens is 2. The fourth-order valence-corrected chi connectivity index (χ4v) is 2.71. The molecule has 1 aliphatic rings. The predicted octanol–water partition coefficient (Wildman–Crippen LogP) is 2.33. The number of aliphatic hydroxyl groups excluding tert-OH is 1. The van der Waals surface area contributed by atoms with Crippen LogP contribution in [-0.4, -0.2) is 32.7 Å². The van der Waals surface area contributed by atoms with Crippen molar-refractivity contribution in [2.24, 2.45) is 0 Å². The molecule has 0 saturated heterocycles. The summed E-state index contributed by atoms with van der Waals surface area (Å²) in [4.78, 5) is 14.0. The molecule has 0 bridgehead atoms. The van der Waals surface area contributed by atoms with E-state index in [1.165, 1.54) is 6.07 Å². The van der Waals surface area contributed by atoms with E-state index in [9.17, 15) is 9.90 Å². The lowest BCUT2D eigenvalue weighted by Gasteiger charge is -2.28. The van der Waals surface area contributed by atoms with Crippen LogP contribution in [0, 0.1) is 0 Å². The van der Waals surface area contributed by atoms with Crippen molar-refractivity contribution in [1.82, 2.24) is 15.1 Å². The number of aliphatic hydroxyl groups is 1. The Morgan fingerprint density at radius 1 is 1.38 bits per heavy atom. The van der Waals surface area contributed by atoms with E-state index in [4.69, 9.17) is 23.2 Å². The van der Waals surface area contributed by atoms with E-state index in [1.807, 2.05) is 0 Å². The number of hydrogen-bond donors (Lipinski definition) is 2. The summed E-state index contributed by atoms with van der Waals surface area (Å²) < 4.78 is 0. The number of nitrogens with one attached hydrogen (secondary N) is 1. The van der Waals surface area contributed by atoms with Crippen LogP contribution in [0.15, 0.2) is 24.4 Å². The quantitative estimate of drug-likeness (QED) is 0.890. The van der Waals surface area contributed by atoms with E-state index in [2.05, 4.69) is 10.2 Å². The van der Waals surface area contributed by atoms with Gasteiger partial charge >= 0.3 is 0 Å². The zero-order chi connectivity index (χ0) is 15.0. The Balaban J connectivity index is 1.77. The van der Waals surface area contributed by atoms with Crippen LogP contribution in [-0.2, 0) is 17.8 Å². The molecule has 2 aromatic rings. The molecule has 0 aliphatic carbocycles. The van der Waals surface area contributed by atoms with E-state index >= 15 is 0 Å². The number of H-pyrrole nitrogens is 1. The molecule has 2 N–H and O–H groups in total. The molecule has 1 aromatic heterocycles. The second kappa shape index (κ2) is 5.67. The van der Waals surface area contributed by atoms with Crippen molar-refractivity contribution in [3.05, 3.63) is 51.3 Å². The highest BCUT2D eigenvalue weighted by molar-refractivity contribution is 6.42. The van der Waals surface area contributed by atoms with Gasteiger partial charge in [-0.05, 0) is 17.7 Å². The third-order valence-electron chi connectivity index (χ3n) is 3.61. The summed E-state index contributed by atoms with van der Waals surface area (Å²) in [6.45, 7) is 0.995. The van der Waals surface area contributed by atoms with Gasteiger partial charge in [-0.3, -0.25) is 9.89 Å². The van der Waals surface area contributed by atoms with Crippen LogP contribution in [0.1, 0.15) is 22.9 Å². The van der Waals surface area contributed by atoms with Crippen molar-refractivity contribution in [1.29, 1.82) is 0 Å². The van der Waals surface area contributed by atoms with Gasteiger partial charge in [0.1, 0.15) is 0 Å². The van der Waals surface area contributed by atoms with Gasteiger partial charge in [0.15, 0.2) is 6.10 Å². The molecule has 0 fully saturated rings. The summed E-state index contributed by atoms with van der Waals surface area (Å²) in [7, 11) is 0. The SMILES string of the molecule is O=C(C(O)c1ccc(Cl)c(Cl)c1)N1CCc2[nH]ncc2C1. The largest absolute Gasteiger partial charge is 0.378 e. The molecule has 2 heterocycles. The van der Waals surface area contributed by atoms with Gasteiger partial charge < -0.3 is 10.0 Å². The lowest BCUT2D eigenvalue weighted by Crippen LogP contribution is -2.38. The Labute approximate surface area is 131 Å². The Kier molecular flexibility index (Phi) is 3.89. The van der Waals surface area contributed by atoms with Crippen LogP contribution in [0.2, 0.25) is 10.0 Å². The van der Waals surface area contributed by atoms with Crippen LogP contribution in [0.5, 0.6) is 0 Å². The molecule has 110 valence electrons. The van der Waals surface area contributed by atoms with Crippen molar-refractivity contribution >= 4 is 29.1 Å². The number of nitrogens with zero attached hydrogens (tertiary/aromatic N) is 2. The predicted molar refractivity (Wildman–Crippen MR) is 79.1 cm³/mol. The number of hydrogen-bond acceptors (Lipinski definition) is 3. The minimum absolute atomic E-state index is 0.316. The molecular weight excluding hydrogens is 313 g/mol. The van der Waals surface area contributed by atoms with E-state index in [-0.39, 0.29) is 5.91 Å². The maximum Gasteiger partial charge on any atom is 0.256 e. The number of rotatable bonds is 2. The first-order valence-electron chi connectivity index (χ1n) is 6.49. The molecule has 7 heteroatoms. The fraction of sp³-hybridized carbons (Fsp3) is 0.286. The number of carbonyl (C=O) groups excluding carboxylic acids is 1. The van der Waals surface area contributed by atoms with Gasteiger partial charge in [0.25, 0.3) is 5.91 Å². The molecule has 1 amide bonds. The number of benzene rings is 1. The molecule has 1 unspecified atom stereocenters. The first-order chi connectivity index (χ1) is 10.1. The minimum Gasteiger partial charge on any atom is -0.378 e. The van der Waals surface area contributed by atoms with Crippen LogP contribution in [0.25, 0.3) is 0 Å². The van der Waals surface area contributed by atoms with Crippen molar-refractivity contribution in [3.8, 4) is 0 Å². The first-order valence-corrected chi connectivity index (χ1v) is 7.25. The second-order valence-corrected chi connectivity index (χ2v) is 5.77. The Hall–Kier alpha value is -1.56. The van der Waals surface area contributed by atoms with E-state index in [0.29, 0.717) is 35.1 Å². The zero-order valence-electron chi connectivity index (χ0n) is 11.0. The third-order valence-corrected chi connectivity index (χ3v) is 4.34. The second-order valence-electron chi connectivity index (χ2n) is 4.96. The summed E-state index contributed by atoms with van der Waals surface area (Å²) in [5.74, 6) is -0.347. The van der Waals surface area contributed by atoms with Crippen LogP contribution >= 0.6 is 23.2 Å². The Morgan fingerprint density at radius 3 is 2.95 bits per heavy atom. The number of amides is 1. The van der Waals surface area contributed by atoms with Crippen molar-refractivity contribution in [2.75, 3.05) is 6.54 Å². The van der Waals surface area contributed by atoms with Crippen LogP contribution in [0.3, 0.4) is 0 Å². The lowest BCUT2D eigenvalue weighted by atomic mass is 10.0. The zero-order valence-corrected chi connectivity index (χ0v) is 12.5. The lowest BCUT2D eigenvalue weighted by molar-refractivity contribution is -0.141. The highest BCUT2D eigenvalue weighted by atomic mass is 35.5. The molecular formula is C14H13Cl2N3O2. The molecule has 21 heavy (non-hydrogen) atoms. The number of aromatic nitrogens is 2. The number of fused-ring (bicyclic) bond motifs is 1. The average molecular weight is 326 g/mol. The summed E-state index contributed by atoms with van der Waals surface area (Å²) in [5.41, 5.74) is 2.46. The molecule has 0 spiro atoms. The fourth-order valence-electron chi connectivity index (χ4n) is 2.41. The van der Waals surface area contributed by atoms with Crippen LogP contribution < -0.4 is 0 Å². The average Bonchev–Trinajstić information content (AvgIpc) is 2.96. The summed E-state index contributed by atoms with van der Waals surface area (Å²) in [6, 6.07) is 4.68. The van der Waals surface area contributed by atoms with Crippen molar-refractivity contribution < 1.29 is 9.90 Å². The molecule has 1 aliphatic heterocycles. The molecule has 1 atom stereocenters. The van der Waals surface area contributed by atoms with Gasteiger partial charge in [-0.2, -0.15) is 5.10 Å². The standard InChI is InChI=1S/C14H13Cl2N3O2/c15-10-2-1-8(5-11(10)16)13(20)14(21)19-4-3-12-9(7-19)6-17-18-12/h1-2,5-6,13,20H,3-4,7H2,(H,17,18). The van der Waals surface area contributed by atoms with Gasteiger partial charge in [0, 0.05) is 30.8 Å². The number of carbonyl (C=O) groups is 1. The van der Waals surface area contributed by atoms with Crippen molar-refractivity contribution in [2.45, 2.75) is 19.1 Å². The normalized spacial score (nSPS) is 15.7. The Morgan fingerprint density at radius 2 is 2.19 bits per heavy atom. The molecule has 0 saturated carbocycles. The summed E-state index contributed by atoms with van der Waals surface area (Å²) in [6.07, 6.45) is 1.17. The molecule has 5 nitrogen and oxygen atoms in total. The molecule has 0 radical (unpaired) electrons. The van der Waals surface area contributed by atoms with E-state index < -0.39 is 6.10 Å². The summed E-state index contributed by atoms with van der Waals surface area (Å²) >= 11 is 11.8. The molecule has 1 aromatic carbocycles. The van der Waals surface area contributed by atoms with Crippen LogP contribution in [0.4, 0.5) is 0 Å². The topological polar surface area (TPSA) is 69.2 Å². The minimum atomic E-state index is -1.24. The van der Waals surface area contributed by atoms with Gasteiger partial charge in [0.2, 0.25) is 0 Å². The van der Waals surface area contributed by atoms with Gasteiger partial charge in [-0.1, -0.05) is 29.3 Å². The number of aromatic amines is 1. The highest BCUT2D eigenvalue weighted by Gasteiger charge is 2.28. The Bertz CT molecular complexity index is 687. The smallest absolute Gasteiger partial charge is 0.256 e. The maximum atomic E-state index is 12.4.